The first-order chi connectivity index (χ1) is 7.99. The third-order valence-corrected chi connectivity index (χ3v) is 2.15. The number of ether oxygens (including phenoxy) is 1. The summed E-state index contributed by atoms with van der Waals surface area (Å²) in [4.78, 5) is 0. The lowest BCUT2D eigenvalue weighted by Crippen LogP contribution is -2.07. The molecule has 0 radical (unpaired) electrons. The summed E-state index contributed by atoms with van der Waals surface area (Å²) in [6.45, 7) is 0. The molecule has 0 atom stereocenters. The summed E-state index contributed by atoms with van der Waals surface area (Å²) in [5, 5.41) is 0. The van der Waals surface area contributed by atoms with E-state index < -0.39 is 11.7 Å². The van der Waals surface area contributed by atoms with Crippen molar-refractivity contribution in [2.24, 2.45) is 0 Å². The normalized spacial score (nSPS) is 10.6. The minimum Gasteiger partial charge on any atom is -0.496 e. The first-order valence-corrected chi connectivity index (χ1v) is 5.32. The lowest BCUT2D eigenvalue weighted by atomic mass is 10.1. The highest BCUT2D eigenvalue weighted by atomic mass is 35.5. The maximum absolute atomic E-state index is 12.7. The van der Waals surface area contributed by atoms with Gasteiger partial charge in [-0.15, -0.1) is 11.6 Å². The Bertz CT molecular complexity index is 443. The molecule has 0 saturated heterocycles. The van der Waals surface area contributed by atoms with Crippen LogP contribution in [0.2, 0.25) is 0 Å². The zero-order valence-corrected chi connectivity index (χ0v) is 9.82. The van der Waals surface area contributed by atoms with Gasteiger partial charge in [-0.2, -0.15) is 13.2 Å². The van der Waals surface area contributed by atoms with Crippen molar-refractivity contribution in [3.63, 3.8) is 0 Å². The van der Waals surface area contributed by atoms with Crippen LogP contribution in [0.5, 0.6) is 5.75 Å². The molecule has 1 nitrogen and oxygen atoms in total. The van der Waals surface area contributed by atoms with E-state index in [0.29, 0.717) is 17.9 Å². The van der Waals surface area contributed by atoms with Gasteiger partial charge in [0.25, 0.3) is 0 Å². The van der Waals surface area contributed by atoms with Gasteiger partial charge in [0, 0.05) is 17.9 Å². The summed E-state index contributed by atoms with van der Waals surface area (Å²) in [6, 6.07) is 3.71. The van der Waals surface area contributed by atoms with Gasteiger partial charge >= 0.3 is 6.18 Å². The molecule has 0 unspecified atom stereocenters. The van der Waals surface area contributed by atoms with Gasteiger partial charge in [-0.1, -0.05) is 11.8 Å². The molecule has 0 N–H and O–H groups in total. The van der Waals surface area contributed by atoms with E-state index in [2.05, 4.69) is 16.6 Å². The third kappa shape index (κ3) is 3.86. The van der Waals surface area contributed by atoms with Crippen molar-refractivity contribution in [1.82, 2.24) is 0 Å². The Morgan fingerprint density at radius 3 is 2.59 bits per heavy atom. The lowest BCUT2D eigenvalue weighted by molar-refractivity contribution is -0.138. The highest BCUT2D eigenvalue weighted by Crippen LogP contribution is 2.36. The lowest BCUT2D eigenvalue weighted by Gasteiger charge is -2.11. The van der Waals surface area contributed by atoms with Crippen LogP contribution < -0.4 is 4.74 Å². The van der Waals surface area contributed by atoms with Crippen LogP contribution in [-0.4, -0.2) is 13.0 Å². The van der Waals surface area contributed by atoms with Crippen molar-refractivity contribution in [1.29, 1.82) is 0 Å². The van der Waals surface area contributed by atoms with Crippen LogP contribution in [0.25, 0.3) is 0 Å². The van der Waals surface area contributed by atoms with Crippen molar-refractivity contribution in [2.45, 2.75) is 12.6 Å². The quantitative estimate of drug-likeness (QED) is 0.583. The van der Waals surface area contributed by atoms with Crippen molar-refractivity contribution in [3.8, 4) is 17.6 Å². The number of halogens is 4. The number of hydrogen-bond acceptors (Lipinski definition) is 1. The molecular weight excluding hydrogens is 253 g/mol. The summed E-state index contributed by atoms with van der Waals surface area (Å²) in [7, 11) is 1.20. The summed E-state index contributed by atoms with van der Waals surface area (Å²) in [5.74, 6) is 5.45. The zero-order valence-electron chi connectivity index (χ0n) is 9.07. The van der Waals surface area contributed by atoms with E-state index in [4.69, 9.17) is 11.6 Å². The smallest absolute Gasteiger partial charge is 0.420 e. The standard InChI is InChI=1S/C12H10ClF3O/c1-17-11-6-5-9(4-2-3-7-13)8-10(11)12(14,15)16/h5-6,8H,3,7H2,1H3. The van der Waals surface area contributed by atoms with Gasteiger partial charge in [-0.05, 0) is 18.2 Å². The number of rotatable bonds is 2. The molecule has 0 heterocycles. The SMILES string of the molecule is COc1ccc(C#CCCCl)cc1C(F)(F)F. The summed E-state index contributed by atoms with van der Waals surface area (Å²) >= 11 is 5.42. The van der Waals surface area contributed by atoms with Gasteiger partial charge in [-0.25, -0.2) is 0 Å². The minimum atomic E-state index is -4.45. The first-order valence-electron chi connectivity index (χ1n) is 4.79. The number of benzene rings is 1. The molecule has 0 spiro atoms. The fourth-order valence-electron chi connectivity index (χ4n) is 1.22. The van der Waals surface area contributed by atoms with Gasteiger partial charge in [0.05, 0.1) is 12.7 Å². The van der Waals surface area contributed by atoms with Gasteiger partial charge in [0.15, 0.2) is 0 Å². The molecule has 5 heteroatoms. The van der Waals surface area contributed by atoms with Gasteiger partial charge < -0.3 is 4.74 Å². The van der Waals surface area contributed by atoms with Gasteiger partial charge in [0.1, 0.15) is 5.75 Å². The van der Waals surface area contributed by atoms with E-state index in [0.717, 1.165) is 6.07 Å². The average Bonchev–Trinajstić information content (AvgIpc) is 2.28. The Hall–Kier alpha value is -1.34. The Balaban J connectivity index is 3.11. The summed E-state index contributed by atoms with van der Waals surface area (Å²) in [5.41, 5.74) is -0.527. The number of alkyl halides is 4. The van der Waals surface area contributed by atoms with E-state index >= 15 is 0 Å². The van der Waals surface area contributed by atoms with Crippen molar-refractivity contribution < 1.29 is 17.9 Å². The fourth-order valence-corrected chi connectivity index (χ4v) is 1.31. The van der Waals surface area contributed by atoms with Crippen LogP contribution in [0.4, 0.5) is 13.2 Å². The summed E-state index contributed by atoms with van der Waals surface area (Å²) < 4.78 is 42.6. The van der Waals surface area contributed by atoms with E-state index in [1.54, 1.807) is 0 Å². The molecule has 0 aliphatic rings. The van der Waals surface area contributed by atoms with E-state index in [1.807, 2.05) is 0 Å². The van der Waals surface area contributed by atoms with Crippen LogP contribution in [0.3, 0.4) is 0 Å². The van der Waals surface area contributed by atoms with E-state index in [-0.39, 0.29) is 5.75 Å². The maximum Gasteiger partial charge on any atom is 0.420 e. The van der Waals surface area contributed by atoms with Crippen LogP contribution in [0.1, 0.15) is 17.5 Å². The van der Waals surface area contributed by atoms with Gasteiger partial charge in [-0.3, -0.25) is 0 Å². The predicted octanol–water partition coefficient (Wildman–Crippen LogP) is 3.69. The van der Waals surface area contributed by atoms with Crippen molar-refractivity contribution >= 4 is 11.6 Å². The molecule has 0 amide bonds. The molecule has 92 valence electrons. The average molecular weight is 263 g/mol. The molecule has 0 bridgehead atoms. The highest BCUT2D eigenvalue weighted by molar-refractivity contribution is 6.18. The molecule has 1 rings (SSSR count). The van der Waals surface area contributed by atoms with Crippen LogP contribution in [0, 0.1) is 11.8 Å². The Kier molecular flexibility index (Phi) is 4.71. The monoisotopic (exact) mass is 262 g/mol. The molecule has 0 fully saturated rings. The third-order valence-electron chi connectivity index (χ3n) is 1.96. The predicted molar refractivity (Wildman–Crippen MR) is 60.2 cm³/mol. The molecule has 1 aromatic rings. The molecule has 0 aliphatic heterocycles. The van der Waals surface area contributed by atoms with Crippen LogP contribution >= 0.6 is 11.6 Å². The number of hydrogen-bond donors (Lipinski definition) is 0. The second-order valence-electron chi connectivity index (χ2n) is 3.15. The van der Waals surface area contributed by atoms with E-state index in [9.17, 15) is 13.2 Å². The minimum absolute atomic E-state index is 0.208. The zero-order chi connectivity index (χ0) is 12.9. The first kappa shape index (κ1) is 13.7. The largest absolute Gasteiger partial charge is 0.496 e. The second-order valence-corrected chi connectivity index (χ2v) is 3.53. The Morgan fingerprint density at radius 1 is 1.35 bits per heavy atom. The summed E-state index contributed by atoms with van der Waals surface area (Å²) in [6.07, 6.45) is -4.01. The second kappa shape index (κ2) is 5.83. The molecule has 0 aromatic heterocycles. The number of methoxy groups -OCH3 is 1. The van der Waals surface area contributed by atoms with Crippen LogP contribution in [0.15, 0.2) is 18.2 Å². The van der Waals surface area contributed by atoms with Crippen molar-refractivity contribution in [3.05, 3.63) is 29.3 Å². The Morgan fingerprint density at radius 2 is 2.06 bits per heavy atom. The molecule has 17 heavy (non-hydrogen) atoms. The topological polar surface area (TPSA) is 9.23 Å². The molecule has 1 aromatic carbocycles. The molecule has 0 saturated carbocycles. The Labute approximate surface area is 103 Å². The van der Waals surface area contributed by atoms with E-state index in [1.165, 1.54) is 19.2 Å². The van der Waals surface area contributed by atoms with Crippen molar-refractivity contribution in [2.75, 3.05) is 13.0 Å². The van der Waals surface area contributed by atoms with Crippen LogP contribution in [-0.2, 0) is 6.18 Å². The molecular formula is C12H10ClF3O. The fraction of sp³-hybridized carbons (Fsp3) is 0.333. The highest BCUT2D eigenvalue weighted by Gasteiger charge is 2.34. The van der Waals surface area contributed by atoms with Gasteiger partial charge in [0.2, 0.25) is 0 Å². The maximum atomic E-state index is 12.7. The molecule has 0 aliphatic carbocycles.